The second kappa shape index (κ2) is 7.20. The Kier molecular flexibility index (Phi) is 4.55. The van der Waals surface area contributed by atoms with E-state index in [1.165, 1.54) is 6.07 Å². The number of aromatic nitrogens is 1. The Morgan fingerprint density at radius 1 is 1.18 bits per heavy atom. The number of carbonyl (C=O) groups excluding carboxylic acids is 1. The summed E-state index contributed by atoms with van der Waals surface area (Å²) in [6.45, 7) is 3.03. The first-order chi connectivity index (χ1) is 13.7. The first kappa shape index (κ1) is 17.7. The fourth-order valence-corrected chi connectivity index (χ4v) is 3.83. The highest BCUT2D eigenvalue weighted by molar-refractivity contribution is 5.82. The molecule has 0 radical (unpaired) electrons. The molecule has 5 rings (SSSR count). The van der Waals surface area contributed by atoms with E-state index < -0.39 is 0 Å². The number of rotatable bonds is 6. The number of carbonyl (C=O) groups is 1. The molecule has 2 heterocycles. The fraction of sp³-hybridized carbons (Fsp3) is 0.524. The van der Waals surface area contributed by atoms with Crippen molar-refractivity contribution >= 4 is 11.8 Å². The van der Waals surface area contributed by atoms with Crippen LogP contribution in [0, 0.1) is 11.7 Å². The van der Waals surface area contributed by atoms with Gasteiger partial charge in [-0.2, -0.15) is 0 Å². The Bertz CT molecular complexity index is 870. The maximum Gasteiger partial charge on any atom is 0.233 e. The third-order valence-electron chi connectivity index (χ3n) is 5.72. The number of ether oxygens (including phenoxy) is 1. The van der Waals surface area contributed by atoms with Crippen molar-refractivity contribution in [2.45, 2.75) is 38.3 Å². The van der Waals surface area contributed by atoms with Gasteiger partial charge in [-0.25, -0.2) is 4.39 Å². The van der Waals surface area contributed by atoms with Gasteiger partial charge in [0, 0.05) is 30.6 Å². The first-order valence-electron chi connectivity index (χ1n) is 10.1. The Balaban J connectivity index is 1.53. The van der Waals surface area contributed by atoms with Crippen molar-refractivity contribution in [1.29, 1.82) is 0 Å². The summed E-state index contributed by atoms with van der Waals surface area (Å²) >= 11 is 0. The summed E-state index contributed by atoms with van der Waals surface area (Å²) in [5.74, 6) is 0.674. The predicted octanol–water partition coefficient (Wildman–Crippen LogP) is 3.22. The molecule has 1 aliphatic heterocycles. The number of anilines is 1. The molecular formula is C21H24FN3O3. The molecule has 0 atom stereocenters. The lowest BCUT2D eigenvalue weighted by atomic mass is 10.1. The third kappa shape index (κ3) is 3.39. The van der Waals surface area contributed by atoms with E-state index in [1.54, 1.807) is 18.2 Å². The topological polar surface area (TPSA) is 58.8 Å². The second-order valence-electron chi connectivity index (χ2n) is 7.87. The maximum absolute atomic E-state index is 14.5. The highest BCUT2D eigenvalue weighted by Crippen LogP contribution is 2.40. The second-order valence-corrected chi connectivity index (χ2v) is 7.87. The van der Waals surface area contributed by atoms with Crippen LogP contribution in [0.5, 0.6) is 0 Å². The van der Waals surface area contributed by atoms with E-state index in [4.69, 9.17) is 9.26 Å². The quantitative estimate of drug-likeness (QED) is 0.764. The molecule has 3 aliphatic rings. The van der Waals surface area contributed by atoms with Crippen LogP contribution in [-0.2, 0) is 16.1 Å². The molecule has 2 saturated carbocycles. The number of amides is 1. The third-order valence-corrected chi connectivity index (χ3v) is 5.72. The van der Waals surface area contributed by atoms with Gasteiger partial charge in [0.15, 0.2) is 0 Å². The molecule has 0 spiro atoms. The van der Waals surface area contributed by atoms with Crippen molar-refractivity contribution in [3.05, 3.63) is 35.6 Å². The van der Waals surface area contributed by atoms with Gasteiger partial charge in [-0.1, -0.05) is 17.3 Å². The van der Waals surface area contributed by atoms with Crippen molar-refractivity contribution in [3.8, 4) is 11.3 Å². The average Bonchev–Trinajstić information content (AvgIpc) is 3.64. The van der Waals surface area contributed by atoms with Gasteiger partial charge in [0.25, 0.3) is 0 Å². The molecule has 1 aromatic carbocycles. The fourth-order valence-electron chi connectivity index (χ4n) is 3.83. The highest BCUT2D eigenvalue weighted by Gasteiger charge is 2.41. The first-order valence-corrected chi connectivity index (χ1v) is 10.1. The molecule has 0 N–H and O–H groups in total. The Hall–Kier alpha value is -2.41. The summed E-state index contributed by atoms with van der Waals surface area (Å²) in [6, 6.07) is 6.88. The normalized spacial score (nSPS) is 19.7. The number of hydrogen-bond acceptors (Lipinski definition) is 5. The maximum atomic E-state index is 14.5. The molecule has 148 valence electrons. The molecule has 7 heteroatoms. The largest absolute Gasteiger partial charge is 0.378 e. The molecule has 1 saturated heterocycles. The zero-order valence-electron chi connectivity index (χ0n) is 15.8. The molecule has 2 aliphatic carbocycles. The van der Waals surface area contributed by atoms with Gasteiger partial charge in [0.2, 0.25) is 11.8 Å². The molecule has 1 amide bonds. The summed E-state index contributed by atoms with van der Waals surface area (Å²) in [5.41, 5.74) is 1.71. The highest BCUT2D eigenvalue weighted by atomic mass is 19.1. The number of benzene rings is 1. The summed E-state index contributed by atoms with van der Waals surface area (Å²) in [5, 5.41) is 4.24. The van der Waals surface area contributed by atoms with E-state index in [-0.39, 0.29) is 23.7 Å². The number of morpholine rings is 1. The minimum Gasteiger partial charge on any atom is -0.378 e. The van der Waals surface area contributed by atoms with E-state index in [0.29, 0.717) is 50.0 Å². The van der Waals surface area contributed by atoms with Gasteiger partial charge in [-0.3, -0.25) is 4.79 Å². The average molecular weight is 385 g/mol. The van der Waals surface area contributed by atoms with Gasteiger partial charge in [0.1, 0.15) is 11.5 Å². The van der Waals surface area contributed by atoms with Crippen LogP contribution in [0.1, 0.15) is 31.2 Å². The van der Waals surface area contributed by atoms with Crippen molar-refractivity contribution < 1.29 is 18.4 Å². The van der Waals surface area contributed by atoms with Crippen LogP contribution in [0.3, 0.4) is 0 Å². The summed E-state index contributed by atoms with van der Waals surface area (Å²) in [4.78, 5) is 16.9. The molecule has 28 heavy (non-hydrogen) atoms. The van der Waals surface area contributed by atoms with Gasteiger partial charge >= 0.3 is 0 Å². The monoisotopic (exact) mass is 385 g/mol. The standard InChI is InChI=1S/C21H24FN3O3/c22-18-4-2-1-3-16(18)19-17(21(28-23-19)24-9-11-27-12-10-24)13-25(15-7-8-15)20(26)14-5-6-14/h1-4,14-15H,5-13H2. The molecule has 1 aromatic heterocycles. The number of hydrogen-bond donors (Lipinski definition) is 0. The molecule has 3 fully saturated rings. The van der Waals surface area contributed by atoms with Gasteiger partial charge in [0.05, 0.1) is 25.3 Å². The van der Waals surface area contributed by atoms with Crippen molar-refractivity contribution in [2.24, 2.45) is 5.92 Å². The minimum atomic E-state index is -0.336. The van der Waals surface area contributed by atoms with Crippen LogP contribution in [0.25, 0.3) is 11.3 Å². The van der Waals surface area contributed by atoms with E-state index in [2.05, 4.69) is 10.1 Å². The summed E-state index contributed by atoms with van der Waals surface area (Å²) in [7, 11) is 0. The molecule has 6 nitrogen and oxygen atoms in total. The van der Waals surface area contributed by atoms with E-state index >= 15 is 0 Å². The molecule has 0 bridgehead atoms. The summed E-state index contributed by atoms with van der Waals surface area (Å²) in [6.07, 6.45) is 4.02. The van der Waals surface area contributed by atoms with Gasteiger partial charge in [-0.15, -0.1) is 0 Å². The Morgan fingerprint density at radius 2 is 1.93 bits per heavy atom. The lowest BCUT2D eigenvalue weighted by Crippen LogP contribution is -2.38. The van der Waals surface area contributed by atoms with Crippen LogP contribution < -0.4 is 4.90 Å². The van der Waals surface area contributed by atoms with Crippen molar-refractivity contribution in [3.63, 3.8) is 0 Å². The lowest BCUT2D eigenvalue weighted by Gasteiger charge is -2.28. The zero-order valence-corrected chi connectivity index (χ0v) is 15.8. The molecule has 0 unspecified atom stereocenters. The number of halogens is 1. The van der Waals surface area contributed by atoms with Crippen molar-refractivity contribution in [2.75, 3.05) is 31.2 Å². The van der Waals surface area contributed by atoms with Crippen molar-refractivity contribution in [1.82, 2.24) is 10.1 Å². The van der Waals surface area contributed by atoms with Crippen LogP contribution >= 0.6 is 0 Å². The van der Waals surface area contributed by atoms with E-state index in [0.717, 1.165) is 31.2 Å². The zero-order chi connectivity index (χ0) is 19.1. The van der Waals surface area contributed by atoms with E-state index in [9.17, 15) is 9.18 Å². The van der Waals surface area contributed by atoms with Crippen LogP contribution in [0.4, 0.5) is 10.3 Å². The van der Waals surface area contributed by atoms with Crippen LogP contribution in [0.15, 0.2) is 28.8 Å². The predicted molar refractivity (Wildman–Crippen MR) is 101 cm³/mol. The minimum absolute atomic E-state index is 0.157. The van der Waals surface area contributed by atoms with Crippen LogP contribution in [0.2, 0.25) is 0 Å². The Labute approximate surface area is 163 Å². The Morgan fingerprint density at radius 3 is 2.61 bits per heavy atom. The van der Waals surface area contributed by atoms with Crippen LogP contribution in [-0.4, -0.2) is 48.3 Å². The number of nitrogens with zero attached hydrogens (tertiary/aromatic N) is 3. The van der Waals surface area contributed by atoms with E-state index in [1.807, 2.05) is 4.90 Å². The molecule has 2 aromatic rings. The smallest absolute Gasteiger partial charge is 0.233 e. The lowest BCUT2D eigenvalue weighted by molar-refractivity contribution is -0.133. The SMILES string of the molecule is O=C(C1CC1)N(Cc1c(-c2ccccc2F)noc1N1CCOCC1)C1CC1. The van der Waals surface area contributed by atoms with Gasteiger partial charge in [-0.05, 0) is 37.8 Å². The molecular weight excluding hydrogens is 361 g/mol. The van der Waals surface area contributed by atoms with Gasteiger partial charge < -0.3 is 19.1 Å². The summed E-state index contributed by atoms with van der Waals surface area (Å²) < 4.78 is 25.7.